The number of carbonyl (C=O) groups is 3. The van der Waals surface area contributed by atoms with Crippen LogP contribution < -0.4 is 10.6 Å². The Hall–Kier alpha value is -4.16. The molecular weight excluding hydrogens is 606 g/mol. The topological polar surface area (TPSA) is 109 Å². The Balaban J connectivity index is 0.991. The van der Waals surface area contributed by atoms with Crippen LogP contribution in [0.4, 0.5) is 15.3 Å². The molecule has 0 aliphatic carbocycles. The number of likely N-dealkylation sites (tertiary alicyclic amines) is 2. The standard InChI is InChI=1S/C36H49N9O3/c1-40-14-10-29(11-15-40)42-19-21-43(22-20-42)34(46)32(24-26-7-8-33-28(23-26)25-37-41(33)2)39-35(47)44-16-12-30(13-17-44)45-18-9-27-5-3-4-6-31(27)38-36(45)48/h3-8,23,25,29-30,32H,9-22,24H2,1-2H3,(H,38,48)(H,39,47). The molecule has 1 unspecified atom stereocenters. The van der Waals surface area contributed by atoms with Crippen LogP contribution in [-0.4, -0.2) is 136 Å². The molecule has 1 atom stereocenters. The highest BCUT2D eigenvalue weighted by atomic mass is 16.2. The van der Waals surface area contributed by atoms with Gasteiger partial charge in [-0.2, -0.15) is 5.10 Å². The largest absolute Gasteiger partial charge is 0.338 e. The van der Waals surface area contributed by atoms with Crippen molar-refractivity contribution in [1.29, 1.82) is 0 Å². The maximum atomic E-state index is 14.1. The van der Waals surface area contributed by atoms with Crippen LogP contribution in [0.25, 0.3) is 10.9 Å². The van der Waals surface area contributed by atoms with E-state index in [9.17, 15) is 14.4 Å². The number of piperidine rings is 2. The first-order valence-corrected chi connectivity index (χ1v) is 17.7. The molecule has 2 N–H and O–H groups in total. The van der Waals surface area contributed by atoms with Gasteiger partial charge in [0.05, 0.1) is 11.7 Å². The molecule has 12 heteroatoms. The average Bonchev–Trinajstić information content (AvgIpc) is 3.38. The molecule has 0 saturated carbocycles. The Morgan fingerprint density at radius 1 is 0.875 bits per heavy atom. The molecule has 0 spiro atoms. The molecule has 12 nitrogen and oxygen atoms in total. The third-order valence-corrected chi connectivity index (χ3v) is 11.0. The third kappa shape index (κ3) is 7.00. The van der Waals surface area contributed by atoms with Gasteiger partial charge in [0.1, 0.15) is 6.04 Å². The second-order valence-corrected chi connectivity index (χ2v) is 14.0. The van der Waals surface area contributed by atoms with Crippen LogP contribution in [0.3, 0.4) is 0 Å². The van der Waals surface area contributed by atoms with Crippen molar-refractivity contribution >= 4 is 34.6 Å². The number of hydrogen-bond acceptors (Lipinski definition) is 6. The highest BCUT2D eigenvalue weighted by Crippen LogP contribution is 2.25. The van der Waals surface area contributed by atoms with Crippen molar-refractivity contribution in [3.05, 3.63) is 59.8 Å². The van der Waals surface area contributed by atoms with E-state index in [0.29, 0.717) is 58.0 Å². The first-order chi connectivity index (χ1) is 23.3. The third-order valence-electron chi connectivity index (χ3n) is 11.0. The van der Waals surface area contributed by atoms with Gasteiger partial charge in [-0.3, -0.25) is 14.4 Å². The lowest BCUT2D eigenvalue weighted by Gasteiger charge is -2.43. The lowest BCUT2D eigenvalue weighted by atomic mass is 10.0. The SMILES string of the molecule is CN1CCC(N2CCN(C(=O)C(Cc3ccc4c(cnn4C)c3)NC(=O)N3CCC(N4CCc5ccccc5NC4=O)CC3)CC2)CC1. The van der Waals surface area contributed by atoms with Gasteiger partial charge in [-0.15, -0.1) is 0 Å². The van der Waals surface area contributed by atoms with Crippen LogP contribution in [0, 0.1) is 0 Å². The van der Waals surface area contributed by atoms with Gasteiger partial charge < -0.3 is 30.2 Å². The molecule has 4 aliphatic heterocycles. The summed E-state index contributed by atoms with van der Waals surface area (Å²) >= 11 is 0. The zero-order valence-corrected chi connectivity index (χ0v) is 28.3. The Morgan fingerprint density at radius 2 is 1.60 bits per heavy atom. The number of aryl methyl sites for hydroxylation is 1. The highest BCUT2D eigenvalue weighted by Gasteiger charge is 2.35. The number of nitrogens with one attached hydrogen (secondary N) is 2. The lowest BCUT2D eigenvalue weighted by Crippen LogP contribution is -2.59. The second kappa shape index (κ2) is 14.1. The summed E-state index contributed by atoms with van der Waals surface area (Å²) in [6.07, 6.45) is 6.80. The summed E-state index contributed by atoms with van der Waals surface area (Å²) in [5.74, 6) is -0.0200. The molecular formula is C36H49N9O3. The smallest absolute Gasteiger partial charge is 0.322 e. The van der Waals surface area contributed by atoms with Crippen molar-refractivity contribution < 1.29 is 14.4 Å². The number of carbonyl (C=O) groups excluding carboxylic acids is 3. The van der Waals surface area contributed by atoms with E-state index in [1.54, 1.807) is 0 Å². The number of fused-ring (bicyclic) bond motifs is 2. The minimum atomic E-state index is -0.672. The number of aromatic nitrogens is 2. The molecule has 5 heterocycles. The minimum absolute atomic E-state index is 0.0200. The number of amides is 5. The van der Waals surface area contributed by atoms with Gasteiger partial charge in [-0.25, -0.2) is 9.59 Å². The van der Waals surface area contributed by atoms with Crippen LogP contribution >= 0.6 is 0 Å². The van der Waals surface area contributed by atoms with E-state index in [1.165, 1.54) is 12.8 Å². The Labute approximate surface area is 283 Å². The molecule has 0 radical (unpaired) electrons. The van der Waals surface area contributed by atoms with Crippen LogP contribution in [0.1, 0.15) is 36.8 Å². The van der Waals surface area contributed by atoms with E-state index in [2.05, 4.69) is 44.7 Å². The summed E-state index contributed by atoms with van der Waals surface area (Å²) in [6, 6.07) is 13.8. The van der Waals surface area contributed by atoms with E-state index in [4.69, 9.17) is 0 Å². The fourth-order valence-corrected chi connectivity index (χ4v) is 8.02. The van der Waals surface area contributed by atoms with Crippen LogP contribution in [0.5, 0.6) is 0 Å². The van der Waals surface area contributed by atoms with Gasteiger partial charge in [-0.1, -0.05) is 24.3 Å². The summed E-state index contributed by atoms with van der Waals surface area (Å²) in [6.45, 7) is 7.04. The van der Waals surface area contributed by atoms with E-state index in [1.807, 2.05) is 63.0 Å². The monoisotopic (exact) mass is 655 g/mol. The molecule has 1 aromatic heterocycles. The fourth-order valence-electron chi connectivity index (χ4n) is 8.02. The van der Waals surface area contributed by atoms with E-state index in [0.717, 1.165) is 60.3 Å². The van der Waals surface area contributed by atoms with Gasteiger partial charge >= 0.3 is 12.1 Å². The molecule has 48 heavy (non-hydrogen) atoms. The predicted molar refractivity (Wildman–Crippen MR) is 186 cm³/mol. The Morgan fingerprint density at radius 3 is 2.38 bits per heavy atom. The molecule has 256 valence electrons. The van der Waals surface area contributed by atoms with E-state index < -0.39 is 6.04 Å². The van der Waals surface area contributed by atoms with Gasteiger partial charge in [0.2, 0.25) is 5.91 Å². The van der Waals surface area contributed by atoms with Crippen molar-refractivity contribution in [2.24, 2.45) is 7.05 Å². The zero-order chi connectivity index (χ0) is 33.2. The minimum Gasteiger partial charge on any atom is -0.338 e. The number of benzene rings is 2. The van der Waals surface area contributed by atoms with Gasteiger partial charge in [0, 0.05) is 82.4 Å². The van der Waals surface area contributed by atoms with Gasteiger partial charge in [-0.05, 0) is 81.6 Å². The number of rotatable bonds is 6. The maximum absolute atomic E-state index is 14.1. The summed E-state index contributed by atoms with van der Waals surface area (Å²) in [5, 5.41) is 11.6. The highest BCUT2D eigenvalue weighted by molar-refractivity contribution is 5.91. The number of urea groups is 2. The number of nitrogens with zero attached hydrogens (tertiary/aromatic N) is 7. The number of para-hydroxylation sites is 1. The molecule has 5 amide bonds. The quantitative estimate of drug-likeness (QED) is 0.423. The number of hydrogen-bond donors (Lipinski definition) is 2. The molecule has 3 saturated heterocycles. The molecule has 3 aromatic rings. The van der Waals surface area contributed by atoms with Crippen molar-refractivity contribution in [2.45, 2.75) is 56.7 Å². The fraction of sp³-hybridized carbons (Fsp3) is 0.556. The van der Waals surface area contributed by atoms with Gasteiger partial charge in [0.25, 0.3) is 0 Å². The molecule has 3 fully saturated rings. The zero-order valence-electron chi connectivity index (χ0n) is 28.3. The maximum Gasteiger partial charge on any atom is 0.322 e. The summed E-state index contributed by atoms with van der Waals surface area (Å²) in [4.78, 5) is 51.6. The number of piperazine rings is 1. The van der Waals surface area contributed by atoms with Crippen LogP contribution in [-0.2, 0) is 24.7 Å². The molecule has 0 bridgehead atoms. The molecule has 7 rings (SSSR count). The van der Waals surface area contributed by atoms with Crippen LogP contribution in [0.15, 0.2) is 48.7 Å². The first-order valence-electron chi connectivity index (χ1n) is 17.7. The van der Waals surface area contributed by atoms with Crippen molar-refractivity contribution in [3.8, 4) is 0 Å². The Kier molecular flexibility index (Phi) is 9.54. The lowest BCUT2D eigenvalue weighted by molar-refractivity contribution is -0.135. The van der Waals surface area contributed by atoms with Crippen molar-refractivity contribution in [2.75, 3.05) is 71.3 Å². The summed E-state index contributed by atoms with van der Waals surface area (Å²) in [5.41, 5.74) is 4.04. The van der Waals surface area contributed by atoms with Crippen molar-refractivity contribution in [3.63, 3.8) is 0 Å². The summed E-state index contributed by atoms with van der Waals surface area (Å²) < 4.78 is 1.84. The van der Waals surface area contributed by atoms with Gasteiger partial charge in [0.15, 0.2) is 0 Å². The van der Waals surface area contributed by atoms with E-state index >= 15 is 0 Å². The first kappa shape index (κ1) is 32.4. The second-order valence-electron chi connectivity index (χ2n) is 14.0. The summed E-state index contributed by atoms with van der Waals surface area (Å²) in [7, 11) is 4.10. The Bertz CT molecular complexity index is 1620. The van der Waals surface area contributed by atoms with Crippen LogP contribution in [0.2, 0.25) is 0 Å². The predicted octanol–water partition coefficient (Wildman–Crippen LogP) is 2.99. The molecule has 2 aromatic carbocycles. The van der Waals surface area contributed by atoms with Crippen molar-refractivity contribution in [1.82, 2.24) is 39.6 Å². The number of anilines is 1. The van der Waals surface area contributed by atoms with E-state index in [-0.39, 0.29) is 24.0 Å². The molecule has 4 aliphatic rings. The average molecular weight is 656 g/mol. The normalized spacial score (nSPS) is 21.1.